The van der Waals surface area contributed by atoms with Crippen LogP contribution in [0.1, 0.15) is 35.7 Å². The van der Waals surface area contributed by atoms with Crippen LogP contribution < -0.4 is 4.74 Å². The molecule has 112 valence electrons. The smallest absolute Gasteiger partial charge is 0.141 e. The summed E-state index contributed by atoms with van der Waals surface area (Å²) < 4.78 is 18.5. The predicted molar refractivity (Wildman–Crippen MR) is 80.0 cm³/mol. The maximum absolute atomic E-state index is 13.1. The number of benzene rings is 1. The van der Waals surface area contributed by atoms with Gasteiger partial charge in [0, 0.05) is 5.56 Å². The number of nitrogens with zero attached hydrogens (tertiary/aromatic N) is 1. The van der Waals surface area contributed by atoms with Gasteiger partial charge in [-0.25, -0.2) is 4.39 Å². The minimum Gasteiger partial charge on any atom is -0.496 e. The van der Waals surface area contributed by atoms with Gasteiger partial charge in [-0.3, -0.25) is 4.98 Å². The normalized spacial score (nSPS) is 13.8. The molecule has 0 saturated heterocycles. The fourth-order valence-corrected chi connectivity index (χ4v) is 2.73. The third-order valence-electron chi connectivity index (χ3n) is 3.74. The van der Waals surface area contributed by atoms with Gasteiger partial charge in [-0.15, -0.1) is 0 Å². The molecule has 0 fully saturated rings. The second-order valence-corrected chi connectivity index (χ2v) is 5.23. The lowest BCUT2D eigenvalue weighted by atomic mass is 9.83. The molecule has 0 aliphatic heterocycles. The summed E-state index contributed by atoms with van der Waals surface area (Å²) in [6.07, 6.45) is 1.53. The van der Waals surface area contributed by atoms with Crippen LogP contribution in [-0.2, 0) is 5.60 Å². The summed E-state index contributed by atoms with van der Waals surface area (Å²) in [4.78, 5) is 4.06. The molecule has 0 spiro atoms. The molecule has 1 heterocycles. The van der Waals surface area contributed by atoms with Crippen LogP contribution in [0.25, 0.3) is 0 Å². The van der Waals surface area contributed by atoms with E-state index in [0.29, 0.717) is 23.4 Å². The highest BCUT2D eigenvalue weighted by Crippen LogP contribution is 2.40. The Labute approximate surface area is 124 Å². The fourth-order valence-electron chi connectivity index (χ4n) is 2.73. The molecule has 2 rings (SSSR count). The van der Waals surface area contributed by atoms with E-state index >= 15 is 0 Å². The molecule has 1 atom stereocenters. The van der Waals surface area contributed by atoms with Crippen molar-refractivity contribution in [1.82, 2.24) is 4.98 Å². The van der Waals surface area contributed by atoms with E-state index in [2.05, 4.69) is 4.98 Å². The second-order valence-electron chi connectivity index (χ2n) is 5.23. The van der Waals surface area contributed by atoms with E-state index in [1.807, 2.05) is 32.9 Å². The first-order valence-corrected chi connectivity index (χ1v) is 6.92. The lowest BCUT2D eigenvalue weighted by Gasteiger charge is -2.30. The Hall–Kier alpha value is -1.94. The van der Waals surface area contributed by atoms with Crippen LogP contribution in [0, 0.1) is 19.7 Å². The first-order valence-electron chi connectivity index (χ1n) is 6.92. The van der Waals surface area contributed by atoms with Crippen LogP contribution in [0.2, 0.25) is 0 Å². The molecule has 0 radical (unpaired) electrons. The van der Waals surface area contributed by atoms with E-state index in [0.717, 1.165) is 17.3 Å². The first-order chi connectivity index (χ1) is 9.92. The van der Waals surface area contributed by atoms with Gasteiger partial charge in [0.25, 0.3) is 0 Å². The minimum absolute atomic E-state index is 0.409. The van der Waals surface area contributed by atoms with Crippen LogP contribution in [-0.4, -0.2) is 17.2 Å². The number of ether oxygens (including phenoxy) is 1. The third kappa shape index (κ3) is 2.76. The van der Waals surface area contributed by atoms with Gasteiger partial charge in [-0.2, -0.15) is 0 Å². The molecule has 4 heteroatoms. The molecule has 1 N–H and O–H groups in total. The van der Waals surface area contributed by atoms with Gasteiger partial charge in [0.05, 0.1) is 19.0 Å². The molecule has 1 aromatic heterocycles. The van der Waals surface area contributed by atoms with Crippen LogP contribution in [0.3, 0.4) is 0 Å². The lowest BCUT2D eigenvalue weighted by molar-refractivity contribution is 0.0683. The van der Waals surface area contributed by atoms with Crippen molar-refractivity contribution in [2.75, 3.05) is 7.11 Å². The molecular formula is C17H20FNO2. The van der Waals surface area contributed by atoms with Crippen LogP contribution in [0.15, 0.2) is 30.5 Å². The number of aryl methyl sites for hydroxylation is 2. The van der Waals surface area contributed by atoms with E-state index in [4.69, 9.17) is 4.74 Å². The topological polar surface area (TPSA) is 42.4 Å². The molecule has 1 unspecified atom stereocenters. The standard InChI is InChI=1S/C17H20FNO2/c1-5-17(20,15-7-6-13(18)10-19-15)16-12(3)8-11(2)9-14(16)21-4/h6-10,20H,5H2,1-4H3. The molecule has 0 saturated carbocycles. The number of methoxy groups -OCH3 is 1. The van der Waals surface area contributed by atoms with Crippen molar-refractivity contribution >= 4 is 0 Å². The molecule has 1 aromatic carbocycles. The molecule has 3 nitrogen and oxygen atoms in total. The van der Waals surface area contributed by atoms with Gasteiger partial charge in [0.15, 0.2) is 0 Å². The molecular weight excluding hydrogens is 269 g/mol. The highest BCUT2D eigenvalue weighted by molar-refractivity contribution is 5.49. The average Bonchev–Trinajstić information content (AvgIpc) is 2.46. The number of hydrogen-bond donors (Lipinski definition) is 1. The fraction of sp³-hybridized carbons (Fsp3) is 0.353. The van der Waals surface area contributed by atoms with E-state index < -0.39 is 11.4 Å². The van der Waals surface area contributed by atoms with E-state index in [1.54, 1.807) is 7.11 Å². The number of rotatable bonds is 4. The molecule has 2 aromatic rings. The summed E-state index contributed by atoms with van der Waals surface area (Å²) >= 11 is 0. The number of pyridine rings is 1. The summed E-state index contributed by atoms with van der Waals surface area (Å²) in [6.45, 7) is 5.76. The van der Waals surface area contributed by atoms with E-state index in [-0.39, 0.29) is 0 Å². The maximum Gasteiger partial charge on any atom is 0.141 e. The minimum atomic E-state index is -1.31. The van der Waals surface area contributed by atoms with Crippen molar-refractivity contribution in [3.8, 4) is 5.75 Å². The zero-order chi connectivity index (χ0) is 15.6. The highest BCUT2D eigenvalue weighted by atomic mass is 19.1. The van der Waals surface area contributed by atoms with Crippen molar-refractivity contribution < 1.29 is 14.2 Å². The van der Waals surface area contributed by atoms with Crippen molar-refractivity contribution in [1.29, 1.82) is 0 Å². The quantitative estimate of drug-likeness (QED) is 0.937. The van der Waals surface area contributed by atoms with Gasteiger partial charge in [0.1, 0.15) is 17.2 Å². The Bertz CT molecular complexity index is 640. The van der Waals surface area contributed by atoms with Crippen molar-refractivity contribution in [3.63, 3.8) is 0 Å². The summed E-state index contributed by atoms with van der Waals surface area (Å²) in [6, 6.07) is 6.69. The van der Waals surface area contributed by atoms with E-state index in [1.165, 1.54) is 12.1 Å². The Balaban J connectivity index is 2.68. The number of aromatic nitrogens is 1. The van der Waals surface area contributed by atoms with Crippen molar-refractivity contribution in [2.45, 2.75) is 32.8 Å². The Morgan fingerprint density at radius 2 is 2.00 bits per heavy atom. The Morgan fingerprint density at radius 3 is 2.52 bits per heavy atom. The molecule has 21 heavy (non-hydrogen) atoms. The molecule has 0 amide bonds. The Morgan fingerprint density at radius 1 is 1.29 bits per heavy atom. The summed E-state index contributed by atoms with van der Waals surface area (Å²) in [5.74, 6) is 0.188. The lowest BCUT2D eigenvalue weighted by Crippen LogP contribution is -2.29. The molecule has 0 aliphatic rings. The Kier molecular flexibility index (Phi) is 4.28. The van der Waals surface area contributed by atoms with Crippen molar-refractivity contribution in [3.05, 3.63) is 58.7 Å². The third-order valence-corrected chi connectivity index (χ3v) is 3.74. The largest absolute Gasteiger partial charge is 0.496 e. The SMILES string of the molecule is CCC(O)(c1ccc(F)cn1)c1c(C)cc(C)cc1OC. The zero-order valence-corrected chi connectivity index (χ0v) is 12.8. The zero-order valence-electron chi connectivity index (χ0n) is 12.8. The summed E-state index contributed by atoms with van der Waals surface area (Å²) in [5.41, 5.74) is 1.76. The van der Waals surface area contributed by atoms with Gasteiger partial charge in [-0.1, -0.05) is 13.0 Å². The van der Waals surface area contributed by atoms with Gasteiger partial charge in [-0.05, 0) is 49.6 Å². The van der Waals surface area contributed by atoms with E-state index in [9.17, 15) is 9.50 Å². The average molecular weight is 289 g/mol. The number of hydrogen-bond acceptors (Lipinski definition) is 3. The monoisotopic (exact) mass is 289 g/mol. The summed E-state index contributed by atoms with van der Waals surface area (Å²) in [5, 5.41) is 11.2. The predicted octanol–water partition coefficient (Wildman–Crippen LogP) is 3.49. The van der Waals surface area contributed by atoms with Gasteiger partial charge in [0.2, 0.25) is 0 Å². The highest BCUT2D eigenvalue weighted by Gasteiger charge is 2.35. The van der Waals surface area contributed by atoms with Crippen molar-refractivity contribution in [2.24, 2.45) is 0 Å². The van der Waals surface area contributed by atoms with Gasteiger partial charge >= 0.3 is 0 Å². The van der Waals surface area contributed by atoms with Crippen LogP contribution in [0.5, 0.6) is 5.75 Å². The molecule has 0 aliphatic carbocycles. The summed E-state index contributed by atoms with van der Waals surface area (Å²) in [7, 11) is 1.58. The van der Waals surface area contributed by atoms with Crippen LogP contribution >= 0.6 is 0 Å². The number of aliphatic hydroxyl groups is 1. The maximum atomic E-state index is 13.1. The first kappa shape index (κ1) is 15.4. The van der Waals surface area contributed by atoms with Gasteiger partial charge < -0.3 is 9.84 Å². The van der Waals surface area contributed by atoms with Crippen LogP contribution in [0.4, 0.5) is 4.39 Å². The second kappa shape index (κ2) is 5.82. The molecule has 0 bridgehead atoms. The number of halogens is 1.